The molecule has 1 aromatic carbocycles. The number of anilines is 2. The topological polar surface area (TPSA) is 76.4 Å². The van der Waals surface area contributed by atoms with E-state index in [1.165, 1.54) is 10.5 Å². The fourth-order valence-corrected chi connectivity index (χ4v) is 4.62. The number of aromatic nitrogens is 2. The minimum atomic E-state index is -0.213. The first-order chi connectivity index (χ1) is 15.5. The first kappa shape index (κ1) is 20.5. The maximum Gasteiger partial charge on any atom is 0.262 e. The lowest BCUT2D eigenvalue weighted by molar-refractivity contribution is 0.0529. The Hall–Kier alpha value is -3.39. The first-order valence-corrected chi connectivity index (χ1v) is 10.9. The van der Waals surface area contributed by atoms with Gasteiger partial charge in [0.25, 0.3) is 11.5 Å². The lowest BCUT2D eigenvalue weighted by Crippen LogP contribution is -2.42. The quantitative estimate of drug-likeness (QED) is 0.631. The minimum Gasteiger partial charge on any atom is -0.497 e. The normalized spacial score (nSPS) is 20.5. The number of hydrogen-bond acceptors (Lipinski definition) is 6. The fraction of sp³-hybridized carbons (Fsp3) is 0.375. The molecule has 2 unspecified atom stereocenters. The third-order valence-corrected chi connectivity index (χ3v) is 6.20. The number of nitrogens with zero attached hydrogens (tertiary/aromatic N) is 4. The molecular weight excluding hydrogens is 408 g/mol. The maximum absolute atomic E-state index is 13.8. The number of carbonyl (C=O) groups is 1. The van der Waals surface area contributed by atoms with Gasteiger partial charge in [-0.2, -0.15) is 0 Å². The minimum absolute atomic E-state index is 0.0140. The lowest BCUT2D eigenvalue weighted by atomic mass is 10.1. The molecule has 0 bridgehead atoms. The van der Waals surface area contributed by atoms with Gasteiger partial charge >= 0.3 is 0 Å². The van der Waals surface area contributed by atoms with Crippen LogP contribution in [0, 0.1) is 0 Å². The second-order valence-corrected chi connectivity index (χ2v) is 8.42. The van der Waals surface area contributed by atoms with Crippen molar-refractivity contribution in [2.75, 3.05) is 36.6 Å². The number of methoxy groups -OCH3 is 1. The van der Waals surface area contributed by atoms with Crippen LogP contribution in [0.3, 0.4) is 0 Å². The average Bonchev–Trinajstić information content (AvgIpc) is 3.13. The highest BCUT2D eigenvalue weighted by Crippen LogP contribution is 2.36. The van der Waals surface area contributed by atoms with Gasteiger partial charge in [-0.15, -0.1) is 0 Å². The standard InChI is InChI=1S/C24H26N4O4/c1-15-11-17-6-7-18(31-3)12-20(17)28(15)24(30)19-5-4-8-27-22(29)13-21(25-23(19)27)26-9-10-32-16(2)14-26/h4-8,12-13,15-16H,9-11,14H2,1-3H3. The molecule has 2 aliphatic rings. The Morgan fingerprint density at radius 1 is 1.22 bits per heavy atom. The van der Waals surface area contributed by atoms with Crippen molar-refractivity contribution in [3.63, 3.8) is 0 Å². The lowest BCUT2D eigenvalue weighted by Gasteiger charge is -2.32. The van der Waals surface area contributed by atoms with Crippen LogP contribution in [0.25, 0.3) is 5.65 Å². The molecule has 0 aliphatic carbocycles. The van der Waals surface area contributed by atoms with Crippen molar-refractivity contribution in [2.24, 2.45) is 0 Å². The molecule has 8 nitrogen and oxygen atoms in total. The summed E-state index contributed by atoms with van der Waals surface area (Å²) in [5, 5.41) is 0. The van der Waals surface area contributed by atoms with Gasteiger partial charge in [-0.3, -0.25) is 14.0 Å². The van der Waals surface area contributed by atoms with E-state index in [4.69, 9.17) is 14.5 Å². The summed E-state index contributed by atoms with van der Waals surface area (Å²) >= 11 is 0. The molecule has 8 heteroatoms. The van der Waals surface area contributed by atoms with Gasteiger partial charge in [0.05, 0.1) is 31.1 Å². The van der Waals surface area contributed by atoms with Crippen molar-refractivity contribution in [1.82, 2.24) is 9.38 Å². The molecular formula is C24H26N4O4. The van der Waals surface area contributed by atoms with E-state index in [0.717, 1.165) is 17.7 Å². The average molecular weight is 434 g/mol. The van der Waals surface area contributed by atoms with Crippen molar-refractivity contribution >= 4 is 23.1 Å². The summed E-state index contributed by atoms with van der Waals surface area (Å²) in [4.78, 5) is 35.3. The molecule has 166 valence electrons. The third kappa shape index (κ3) is 3.40. The number of fused-ring (bicyclic) bond motifs is 2. The molecule has 1 fully saturated rings. The Balaban J connectivity index is 1.60. The summed E-state index contributed by atoms with van der Waals surface area (Å²) < 4.78 is 12.4. The smallest absolute Gasteiger partial charge is 0.262 e. The van der Waals surface area contributed by atoms with Crippen LogP contribution in [0.4, 0.5) is 11.5 Å². The van der Waals surface area contributed by atoms with Gasteiger partial charge in [-0.25, -0.2) is 4.98 Å². The number of ether oxygens (including phenoxy) is 2. The van der Waals surface area contributed by atoms with E-state index in [1.807, 2.05) is 36.9 Å². The summed E-state index contributed by atoms with van der Waals surface area (Å²) in [7, 11) is 1.61. The van der Waals surface area contributed by atoms with Crippen LogP contribution in [-0.2, 0) is 11.2 Å². The number of amides is 1. The van der Waals surface area contributed by atoms with Crippen molar-refractivity contribution < 1.29 is 14.3 Å². The summed E-state index contributed by atoms with van der Waals surface area (Å²) in [6.45, 7) is 5.90. The van der Waals surface area contributed by atoms with Gasteiger partial charge < -0.3 is 19.3 Å². The van der Waals surface area contributed by atoms with Gasteiger partial charge in [0.15, 0.2) is 5.65 Å². The van der Waals surface area contributed by atoms with Crippen LogP contribution in [0.15, 0.2) is 47.4 Å². The van der Waals surface area contributed by atoms with Crippen LogP contribution < -0.4 is 20.1 Å². The fourth-order valence-electron chi connectivity index (χ4n) is 4.62. The molecule has 4 heterocycles. The van der Waals surface area contributed by atoms with Crippen LogP contribution in [-0.4, -0.2) is 54.2 Å². The van der Waals surface area contributed by atoms with Crippen molar-refractivity contribution in [2.45, 2.75) is 32.4 Å². The first-order valence-electron chi connectivity index (χ1n) is 10.9. The molecule has 0 saturated carbocycles. The van der Waals surface area contributed by atoms with Gasteiger partial charge in [-0.1, -0.05) is 6.07 Å². The third-order valence-electron chi connectivity index (χ3n) is 6.20. The number of morpholine rings is 1. The monoisotopic (exact) mass is 434 g/mol. The van der Waals surface area contributed by atoms with E-state index < -0.39 is 0 Å². The Bertz CT molecular complexity index is 1250. The molecule has 3 aromatic rings. The van der Waals surface area contributed by atoms with Gasteiger partial charge in [0, 0.05) is 37.5 Å². The second kappa shape index (κ2) is 7.94. The Kier molecular flexibility index (Phi) is 5.09. The molecule has 2 atom stereocenters. The van der Waals surface area contributed by atoms with Gasteiger partial charge in [-0.05, 0) is 44.0 Å². The zero-order chi connectivity index (χ0) is 22.4. The van der Waals surface area contributed by atoms with Crippen molar-refractivity contribution in [3.05, 3.63) is 64.1 Å². The van der Waals surface area contributed by atoms with E-state index in [9.17, 15) is 9.59 Å². The van der Waals surface area contributed by atoms with Crippen LogP contribution >= 0.6 is 0 Å². The van der Waals surface area contributed by atoms with E-state index in [2.05, 4.69) is 0 Å². The number of rotatable bonds is 3. The zero-order valence-electron chi connectivity index (χ0n) is 18.4. The van der Waals surface area contributed by atoms with Gasteiger partial charge in [0.2, 0.25) is 0 Å². The maximum atomic E-state index is 13.8. The molecule has 0 N–H and O–H groups in total. The largest absolute Gasteiger partial charge is 0.497 e. The molecule has 2 aromatic heterocycles. The molecule has 5 rings (SSSR count). The van der Waals surface area contributed by atoms with Gasteiger partial charge in [0.1, 0.15) is 11.6 Å². The predicted octanol–water partition coefficient (Wildman–Crippen LogP) is 2.52. The predicted molar refractivity (Wildman–Crippen MR) is 122 cm³/mol. The number of benzene rings is 1. The van der Waals surface area contributed by atoms with E-state index in [-0.39, 0.29) is 23.6 Å². The Labute approximate surface area is 186 Å². The highest BCUT2D eigenvalue weighted by molar-refractivity contribution is 6.11. The Morgan fingerprint density at radius 2 is 2.06 bits per heavy atom. The second-order valence-electron chi connectivity index (χ2n) is 8.42. The summed E-state index contributed by atoms with van der Waals surface area (Å²) in [5.41, 5.74) is 2.48. The summed E-state index contributed by atoms with van der Waals surface area (Å²) in [5.74, 6) is 1.09. The molecule has 32 heavy (non-hydrogen) atoms. The SMILES string of the molecule is COc1ccc2c(c1)N(C(=O)c1cccn3c(=O)cc(N4CCOC(C)C4)nc13)C(C)C2. The van der Waals surface area contributed by atoms with Crippen LogP contribution in [0.1, 0.15) is 29.8 Å². The van der Waals surface area contributed by atoms with E-state index in [0.29, 0.717) is 42.5 Å². The van der Waals surface area contributed by atoms with Crippen molar-refractivity contribution in [3.8, 4) is 5.75 Å². The van der Waals surface area contributed by atoms with E-state index >= 15 is 0 Å². The molecule has 2 aliphatic heterocycles. The van der Waals surface area contributed by atoms with Crippen molar-refractivity contribution in [1.29, 1.82) is 0 Å². The van der Waals surface area contributed by atoms with E-state index in [1.54, 1.807) is 30.3 Å². The highest BCUT2D eigenvalue weighted by atomic mass is 16.5. The summed E-state index contributed by atoms with van der Waals surface area (Å²) in [6.07, 6.45) is 2.47. The number of pyridine rings is 1. The summed E-state index contributed by atoms with van der Waals surface area (Å²) in [6, 6.07) is 10.8. The highest BCUT2D eigenvalue weighted by Gasteiger charge is 2.33. The number of carbonyl (C=O) groups excluding carboxylic acids is 1. The zero-order valence-corrected chi connectivity index (χ0v) is 18.4. The molecule has 1 amide bonds. The van der Waals surface area contributed by atoms with Crippen LogP contribution in [0.2, 0.25) is 0 Å². The molecule has 0 radical (unpaired) electrons. The number of hydrogen-bond donors (Lipinski definition) is 0. The van der Waals surface area contributed by atoms with Crippen LogP contribution in [0.5, 0.6) is 5.75 Å². The Morgan fingerprint density at radius 3 is 2.84 bits per heavy atom. The molecule has 0 spiro atoms. The molecule has 1 saturated heterocycles.